The van der Waals surface area contributed by atoms with Crippen molar-refractivity contribution in [2.45, 2.75) is 13.3 Å². The number of nitrogens with zero attached hydrogens (tertiary/aromatic N) is 1. The summed E-state index contributed by atoms with van der Waals surface area (Å²) in [5.74, 6) is -1.13. The van der Waals surface area contributed by atoms with E-state index in [1.807, 2.05) is 0 Å². The predicted molar refractivity (Wildman–Crippen MR) is 69.6 cm³/mol. The highest BCUT2D eigenvalue weighted by atomic mass is 16.6. The van der Waals surface area contributed by atoms with E-state index in [0.29, 0.717) is 12.2 Å². The molecule has 0 saturated heterocycles. The van der Waals surface area contributed by atoms with Gasteiger partial charge in [-0.05, 0) is 18.6 Å². The summed E-state index contributed by atoms with van der Waals surface area (Å²) in [5.41, 5.74) is 0.144. The molecule has 0 aliphatic heterocycles. The molecule has 0 aliphatic carbocycles. The second kappa shape index (κ2) is 6.58. The summed E-state index contributed by atoms with van der Waals surface area (Å²) in [7, 11) is 1.42. The fraction of sp³-hybridized carbons (Fsp3) is 0.417. The number of hydrogen-bond acceptors (Lipinski definition) is 5. The van der Waals surface area contributed by atoms with Gasteiger partial charge in [-0.2, -0.15) is 0 Å². The van der Waals surface area contributed by atoms with Gasteiger partial charge in [0.2, 0.25) is 0 Å². The Morgan fingerprint density at radius 3 is 2.74 bits per heavy atom. The largest absolute Gasteiger partial charge is 0.496 e. The number of nitrogens with one attached hydrogen (secondary N) is 1. The first-order valence-corrected chi connectivity index (χ1v) is 5.78. The lowest BCUT2D eigenvalue weighted by atomic mass is 10.1. The van der Waals surface area contributed by atoms with Gasteiger partial charge < -0.3 is 15.2 Å². The van der Waals surface area contributed by atoms with Gasteiger partial charge in [0.05, 0.1) is 24.0 Å². The number of hydrogen-bond donors (Lipinski definition) is 2. The standard InChI is InChI=1S/C12H16N2O5/c1-3-8(12(15)16)7-13-10-5-4-9(19-2)6-11(10)14(17)18/h4-6,8,13H,3,7H2,1-2H3,(H,15,16). The molecule has 0 aromatic heterocycles. The Kier molecular flexibility index (Phi) is 5.11. The lowest BCUT2D eigenvalue weighted by molar-refractivity contribution is -0.384. The summed E-state index contributed by atoms with van der Waals surface area (Å²) in [4.78, 5) is 21.3. The number of carboxylic acid groups (broad SMARTS) is 1. The van der Waals surface area contributed by atoms with Crippen molar-refractivity contribution in [1.82, 2.24) is 0 Å². The Morgan fingerprint density at radius 2 is 2.26 bits per heavy atom. The molecule has 0 aliphatic rings. The number of rotatable bonds is 7. The third kappa shape index (κ3) is 3.84. The van der Waals surface area contributed by atoms with Crippen LogP contribution in [0.25, 0.3) is 0 Å². The summed E-state index contributed by atoms with van der Waals surface area (Å²) in [5, 5.41) is 22.6. The third-order valence-electron chi connectivity index (χ3n) is 2.78. The van der Waals surface area contributed by atoms with Crippen molar-refractivity contribution in [3.8, 4) is 5.75 Å². The Balaban J connectivity index is 2.88. The van der Waals surface area contributed by atoms with Crippen LogP contribution in [0.2, 0.25) is 0 Å². The van der Waals surface area contributed by atoms with Gasteiger partial charge in [0.15, 0.2) is 0 Å². The zero-order valence-electron chi connectivity index (χ0n) is 10.8. The number of nitro groups is 1. The maximum absolute atomic E-state index is 10.9. The number of aliphatic carboxylic acids is 1. The first kappa shape index (κ1) is 14.7. The number of carbonyl (C=O) groups is 1. The van der Waals surface area contributed by atoms with Gasteiger partial charge in [-0.3, -0.25) is 14.9 Å². The van der Waals surface area contributed by atoms with Crippen LogP contribution in [0.4, 0.5) is 11.4 Å². The molecule has 0 heterocycles. The Hall–Kier alpha value is -2.31. The number of nitro benzene ring substituents is 1. The van der Waals surface area contributed by atoms with Crippen molar-refractivity contribution in [2.24, 2.45) is 5.92 Å². The predicted octanol–water partition coefficient (Wildman–Crippen LogP) is 2.13. The van der Waals surface area contributed by atoms with Gasteiger partial charge in [0.1, 0.15) is 11.4 Å². The minimum Gasteiger partial charge on any atom is -0.496 e. The van der Waals surface area contributed by atoms with Gasteiger partial charge >= 0.3 is 5.97 Å². The van der Waals surface area contributed by atoms with Crippen molar-refractivity contribution in [3.63, 3.8) is 0 Å². The van der Waals surface area contributed by atoms with Crippen LogP contribution in [0, 0.1) is 16.0 Å². The van der Waals surface area contributed by atoms with Crippen LogP contribution >= 0.6 is 0 Å². The molecule has 0 spiro atoms. The quantitative estimate of drug-likeness (QED) is 0.580. The van der Waals surface area contributed by atoms with Crippen LogP contribution in [0.3, 0.4) is 0 Å². The molecule has 0 bridgehead atoms. The SMILES string of the molecule is CCC(CNc1ccc(OC)cc1[N+](=O)[O-])C(=O)O. The van der Waals surface area contributed by atoms with Crippen LogP contribution in [0.1, 0.15) is 13.3 Å². The smallest absolute Gasteiger partial charge is 0.308 e. The van der Waals surface area contributed by atoms with E-state index in [1.165, 1.54) is 19.2 Å². The highest BCUT2D eigenvalue weighted by Gasteiger charge is 2.19. The molecule has 0 fully saturated rings. The zero-order chi connectivity index (χ0) is 14.4. The molecule has 19 heavy (non-hydrogen) atoms. The Morgan fingerprint density at radius 1 is 1.58 bits per heavy atom. The van der Waals surface area contributed by atoms with E-state index in [-0.39, 0.29) is 17.9 Å². The first-order valence-electron chi connectivity index (χ1n) is 5.78. The topological polar surface area (TPSA) is 102 Å². The molecule has 0 amide bonds. The summed E-state index contributed by atoms with van der Waals surface area (Å²) in [6.07, 6.45) is 0.451. The lowest BCUT2D eigenvalue weighted by Crippen LogP contribution is -2.22. The maximum atomic E-state index is 10.9. The Labute approximate surface area is 110 Å². The van der Waals surface area contributed by atoms with Crippen LogP contribution < -0.4 is 10.1 Å². The van der Waals surface area contributed by atoms with E-state index >= 15 is 0 Å². The summed E-state index contributed by atoms with van der Waals surface area (Å²) in [6.45, 7) is 1.89. The average Bonchev–Trinajstić information content (AvgIpc) is 2.38. The van der Waals surface area contributed by atoms with Gasteiger partial charge in [-0.15, -0.1) is 0 Å². The molecule has 1 atom stereocenters. The zero-order valence-corrected chi connectivity index (χ0v) is 10.8. The van der Waals surface area contributed by atoms with Gasteiger partial charge in [0.25, 0.3) is 5.69 Å². The molecule has 1 aromatic rings. The van der Waals surface area contributed by atoms with Crippen molar-refractivity contribution < 1.29 is 19.6 Å². The monoisotopic (exact) mass is 268 g/mol. The number of benzene rings is 1. The summed E-state index contributed by atoms with van der Waals surface area (Å²) in [6, 6.07) is 4.38. The van der Waals surface area contributed by atoms with E-state index in [2.05, 4.69) is 5.32 Å². The second-order valence-electron chi connectivity index (χ2n) is 3.96. The highest BCUT2D eigenvalue weighted by Crippen LogP contribution is 2.29. The molecule has 1 rings (SSSR count). The summed E-state index contributed by atoms with van der Waals surface area (Å²) < 4.78 is 4.92. The minimum absolute atomic E-state index is 0.138. The van der Waals surface area contributed by atoms with Crippen molar-refractivity contribution in [3.05, 3.63) is 28.3 Å². The van der Waals surface area contributed by atoms with E-state index in [4.69, 9.17) is 9.84 Å². The molecule has 1 unspecified atom stereocenters. The minimum atomic E-state index is -0.925. The lowest BCUT2D eigenvalue weighted by Gasteiger charge is -2.12. The average molecular weight is 268 g/mol. The van der Waals surface area contributed by atoms with E-state index in [1.54, 1.807) is 13.0 Å². The first-order chi connectivity index (χ1) is 8.99. The number of ether oxygens (including phenoxy) is 1. The molecule has 7 heteroatoms. The van der Waals surface area contributed by atoms with Crippen LogP contribution in [0.15, 0.2) is 18.2 Å². The van der Waals surface area contributed by atoms with Gasteiger partial charge in [-0.1, -0.05) is 6.92 Å². The van der Waals surface area contributed by atoms with Crippen molar-refractivity contribution in [1.29, 1.82) is 0 Å². The van der Waals surface area contributed by atoms with Gasteiger partial charge in [-0.25, -0.2) is 0 Å². The second-order valence-corrected chi connectivity index (χ2v) is 3.96. The number of carboxylic acids is 1. The van der Waals surface area contributed by atoms with E-state index < -0.39 is 16.8 Å². The Bertz CT molecular complexity index is 475. The molecular weight excluding hydrogens is 252 g/mol. The summed E-state index contributed by atoms with van der Waals surface area (Å²) >= 11 is 0. The molecule has 0 saturated carbocycles. The van der Waals surface area contributed by atoms with Crippen LogP contribution in [0.5, 0.6) is 5.75 Å². The molecule has 0 radical (unpaired) electrons. The van der Waals surface area contributed by atoms with Crippen molar-refractivity contribution in [2.75, 3.05) is 19.0 Å². The normalized spacial score (nSPS) is 11.7. The fourth-order valence-electron chi connectivity index (χ4n) is 1.58. The highest BCUT2D eigenvalue weighted by molar-refractivity contribution is 5.71. The van der Waals surface area contributed by atoms with Crippen molar-refractivity contribution >= 4 is 17.3 Å². The van der Waals surface area contributed by atoms with E-state index in [0.717, 1.165) is 0 Å². The fourth-order valence-corrected chi connectivity index (χ4v) is 1.58. The van der Waals surface area contributed by atoms with Crippen LogP contribution in [-0.4, -0.2) is 29.7 Å². The molecular formula is C12H16N2O5. The molecule has 1 aromatic carbocycles. The number of methoxy groups -OCH3 is 1. The van der Waals surface area contributed by atoms with Gasteiger partial charge in [0, 0.05) is 6.54 Å². The molecule has 2 N–H and O–H groups in total. The maximum Gasteiger partial charge on any atom is 0.308 e. The molecule has 104 valence electrons. The van der Waals surface area contributed by atoms with Crippen LogP contribution in [-0.2, 0) is 4.79 Å². The third-order valence-corrected chi connectivity index (χ3v) is 2.78. The molecule has 7 nitrogen and oxygen atoms in total. The van der Waals surface area contributed by atoms with E-state index in [9.17, 15) is 14.9 Å². The number of anilines is 1.